The molecule has 0 aliphatic carbocycles. The first kappa shape index (κ1) is 11.2. The van der Waals surface area contributed by atoms with Crippen molar-refractivity contribution < 1.29 is 4.79 Å². The third kappa shape index (κ3) is 7.32. The van der Waals surface area contributed by atoms with E-state index in [1.807, 2.05) is 6.08 Å². The molecule has 2 nitrogen and oxygen atoms in total. The van der Waals surface area contributed by atoms with Crippen LogP contribution in [-0.4, -0.2) is 12.5 Å². The van der Waals surface area contributed by atoms with Gasteiger partial charge in [-0.25, -0.2) is 0 Å². The van der Waals surface area contributed by atoms with Crippen LogP contribution in [0.5, 0.6) is 0 Å². The van der Waals surface area contributed by atoms with Crippen molar-refractivity contribution in [2.75, 3.05) is 6.54 Å². The second-order valence-electron chi connectivity index (χ2n) is 3.36. The quantitative estimate of drug-likeness (QED) is 0.479. The van der Waals surface area contributed by atoms with Crippen molar-refractivity contribution in [1.82, 2.24) is 5.32 Å². The standard InChI is InChI=1S/C10H19NO/c1-4-5-8-11-10(12)7-6-9(2)3/h4,9H,1,5-8H2,2-3H3,(H,11,12). The van der Waals surface area contributed by atoms with Gasteiger partial charge in [-0.3, -0.25) is 4.79 Å². The molecular formula is C10H19NO. The molecule has 1 N–H and O–H groups in total. The molecule has 0 rings (SSSR count). The van der Waals surface area contributed by atoms with Crippen LogP contribution >= 0.6 is 0 Å². The highest BCUT2D eigenvalue weighted by Gasteiger charge is 2.01. The fourth-order valence-corrected chi connectivity index (χ4v) is 0.822. The summed E-state index contributed by atoms with van der Waals surface area (Å²) in [5, 5.41) is 2.83. The van der Waals surface area contributed by atoms with Crippen LogP contribution in [0.2, 0.25) is 0 Å². The zero-order valence-corrected chi connectivity index (χ0v) is 8.10. The predicted octanol–water partition coefficient (Wildman–Crippen LogP) is 2.11. The first-order chi connectivity index (χ1) is 5.66. The van der Waals surface area contributed by atoms with Crippen molar-refractivity contribution >= 4 is 5.91 Å². The van der Waals surface area contributed by atoms with Crippen LogP contribution in [0.25, 0.3) is 0 Å². The molecular weight excluding hydrogens is 150 g/mol. The number of hydrogen-bond acceptors (Lipinski definition) is 1. The first-order valence-corrected chi connectivity index (χ1v) is 4.54. The zero-order chi connectivity index (χ0) is 9.40. The van der Waals surface area contributed by atoms with Gasteiger partial charge < -0.3 is 5.32 Å². The van der Waals surface area contributed by atoms with Crippen LogP contribution in [0.3, 0.4) is 0 Å². The highest BCUT2D eigenvalue weighted by Crippen LogP contribution is 2.02. The van der Waals surface area contributed by atoms with Crippen molar-refractivity contribution in [3.63, 3.8) is 0 Å². The van der Waals surface area contributed by atoms with Gasteiger partial charge in [0.25, 0.3) is 0 Å². The van der Waals surface area contributed by atoms with Gasteiger partial charge in [-0.05, 0) is 18.8 Å². The number of carbonyl (C=O) groups is 1. The van der Waals surface area contributed by atoms with Gasteiger partial charge >= 0.3 is 0 Å². The highest BCUT2D eigenvalue weighted by molar-refractivity contribution is 5.75. The van der Waals surface area contributed by atoms with E-state index in [4.69, 9.17) is 0 Å². The maximum absolute atomic E-state index is 11.1. The van der Waals surface area contributed by atoms with Crippen molar-refractivity contribution in [2.24, 2.45) is 5.92 Å². The molecule has 0 saturated carbocycles. The molecule has 0 bridgehead atoms. The van der Waals surface area contributed by atoms with E-state index in [1.165, 1.54) is 0 Å². The van der Waals surface area contributed by atoms with Gasteiger partial charge in [0.15, 0.2) is 0 Å². The van der Waals surface area contributed by atoms with Gasteiger partial charge in [-0.15, -0.1) is 6.58 Å². The SMILES string of the molecule is C=CCCNC(=O)CCC(C)C. The molecule has 0 saturated heterocycles. The Kier molecular flexibility index (Phi) is 6.44. The van der Waals surface area contributed by atoms with Gasteiger partial charge in [-0.1, -0.05) is 19.9 Å². The summed E-state index contributed by atoms with van der Waals surface area (Å²) in [7, 11) is 0. The van der Waals surface area contributed by atoms with Crippen molar-refractivity contribution in [3.8, 4) is 0 Å². The topological polar surface area (TPSA) is 29.1 Å². The van der Waals surface area contributed by atoms with E-state index in [9.17, 15) is 4.79 Å². The third-order valence-electron chi connectivity index (χ3n) is 1.62. The van der Waals surface area contributed by atoms with Gasteiger partial charge in [0.1, 0.15) is 0 Å². The van der Waals surface area contributed by atoms with Crippen molar-refractivity contribution in [1.29, 1.82) is 0 Å². The maximum Gasteiger partial charge on any atom is 0.220 e. The number of nitrogens with one attached hydrogen (secondary N) is 1. The Balaban J connectivity index is 3.27. The summed E-state index contributed by atoms with van der Waals surface area (Å²) in [6.07, 6.45) is 4.28. The average molecular weight is 169 g/mol. The summed E-state index contributed by atoms with van der Waals surface area (Å²) in [5.41, 5.74) is 0. The summed E-state index contributed by atoms with van der Waals surface area (Å²) < 4.78 is 0. The molecule has 0 unspecified atom stereocenters. The van der Waals surface area contributed by atoms with E-state index < -0.39 is 0 Å². The van der Waals surface area contributed by atoms with E-state index in [-0.39, 0.29) is 5.91 Å². The molecule has 70 valence electrons. The van der Waals surface area contributed by atoms with Gasteiger partial charge in [0.2, 0.25) is 5.91 Å². The Morgan fingerprint density at radius 2 is 2.25 bits per heavy atom. The van der Waals surface area contributed by atoms with Crippen LogP contribution in [0.1, 0.15) is 33.1 Å². The van der Waals surface area contributed by atoms with E-state index in [0.29, 0.717) is 12.3 Å². The molecule has 0 aromatic carbocycles. The Morgan fingerprint density at radius 3 is 2.75 bits per heavy atom. The van der Waals surface area contributed by atoms with Crippen molar-refractivity contribution in [2.45, 2.75) is 33.1 Å². The van der Waals surface area contributed by atoms with Crippen LogP contribution in [-0.2, 0) is 4.79 Å². The molecule has 0 aromatic rings. The van der Waals surface area contributed by atoms with Crippen LogP contribution in [0.4, 0.5) is 0 Å². The lowest BCUT2D eigenvalue weighted by molar-refractivity contribution is -0.121. The molecule has 0 aromatic heterocycles. The highest BCUT2D eigenvalue weighted by atomic mass is 16.1. The lowest BCUT2D eigenvalue weighted by atomic mass is 10.1. The summed E-state index contributed by atoms with van der Waals surface area (Å²) >= 11 is 0. The molecule has 0 heterocycles. The van der Waals surface area contributed by atoms with Gasteiger partial charge in [-0.2, -0.15) is 0 Å². The predicted molar refractivity (Wildman–Crippen MR) is 51.9 cm³/mol. The van der Waals surface area contributed by atoms with Crippen LogP contribution < -0.4 is 5.32 Å². The van der Waals surface area contributed by atoms with E-state index in [0.717, 1.165) is 19.4 Å². The van der Waals surface area contributed by atoms with Crippen molar-refractivity contribution in [3.05, 3.63) is 12.7 Å². The Bertz CT molecular complexity index is 141. The minimum atomic E-state index is 0.158. The second-order valence-corrected chi connectivity index (χ2v) is 3.36. The van der Waals surface area contributed by atoms with Gasteiger partial charge in [0, 0.05) is 13.0 Å². The molecule has 0 spiro atoms. The Hall–Kier alpha value is -0.790. The fourth-order valence-electron chi connectivity index (χ4n) is 0.822. The molecule has 2 heteroatoms. The van der Waals surface area contributed by atoms with E-state index in [1.54, 1.807) is 0 Å². The molecule has 0 aliphatic heterocycles. The smallest absolute Gasteiger partial charge is 0.220 e. The Labute approximate surface area is 75.0 Å². The first-order valence-electron chi connectivity index (χ1n) is 4.54. The normalized spacial score (nSPS) is 9.92. The lowest BCUT2D eigenvalue weighted by Crippen LogP contribution is -2.24. The third-order valence-corrected chi connectivity index (χ3v) is 1.62. The minimum Gasteiger partial charge on any atom is -0.356 e. The molecule has 1 amide bonds. The zero-order valence-electron chi connectivity index (χ0n) is 8.10. The number of carbonyl (C=O) groups excluding carboxylic acids is 1. The van der Waals surface area contributed by atoms with Crippen LogP contribution in [0, 0.1) is 5.92 Å². The summed E-state index contributed by atoms with van der Waals surface area (Å²) in [5.74, 6) is 0.765. The summed E-state index contributed by atoms with van der Waals surface area (Å²) in [4.78, 5) is 11.1. The molecule has 0 radical (unpaired) electrons. The monoisotopic (exact) mass is 169 g/mol. The molecule has 0 fully saturated rings. The van der Waals surface area contributed by atoms with E-state index in [2.05, 4.69) is 25.7 Å². The van der Waals surface area contributed by atoms with Gasteiger partial charge in [0.05, 0.1) is 0 Å². The largest absolute Gasteiger partial charge is 0.356 e. The Morgan fingerprint density at radius 1 is 1.58 bits per heavy atom. The number of rotatable bonds is 6. The summed E-state index contributed by atoms with van der Waals surface area (Å²) in [6, 6.07) is 0. The van der Waals surface area contributed by atoms with Crippen LogP contribution in [0.15, 0.2) is 12.7 Å². The fraction of sp³-hybridized carbons (Fsp3) is 0.700. The van der Waals surface area contributed by atoms with E-state index >= 15 is 0 Å². The second kappa shape index (κ2) is 6.89. The minimum absolute atomic E-state index is 0.158. The average Bonchev–Trinajstić information content (AvgIpc) is 2.01. The molecule has 0 atom stereocenters. The molecule has 0 aliphatic rings. The number of hydrogen-bond donors (Lipinski definition) is 1. The summed E-state index contributed by atoms with van der Waals surface area (Å²) in [6.45, 7) is 8.55. The lowest BCUT2D eigenvalue weighted by Gasteiger charge is -2.04. The molecule has 12 heavy (non-hydrogen) atoms. The maximum atomic E-state index is 11.1. The number of amides is 1.